The Kier molecular flexibility index (Phi) is 5.50. The van der Waals surface area contributed by atoms with E-state index >= 15 is 0 Å². The Balaban J connectivity index is 1.55. The van der Waals surface area contributed by atoms with Crippen LogP contribution in [0.5, 0.6) is 5.75 Å². The molecular formula is C22H22N4O3S. The summed E-state index contributed by atoms with van der Waals surface area (Å²) in [5, 5.41) is 3.45. The summed E-state index contributed by atoms with van der Waals surface area (Å²) in [7, 11) is 3.35. The Labute approximate surface area is 178 Å². The van der Waals surface area contributed by atoms with Crippen LogP contribution in [0.25, 0.3) is 11.3 Å². The Hall–Kier alpha value is -3.26. The highest BCUT2D eigenvalue weighted by Gasteiger charge is 2.43. The van der Waals surface area contributed by atoms with E-state index in [1.165, 1.54) is 11.3 Å². The van der Waals surface area contributed by atoms with Gasteiger partial charge in [0.15, 0.2) is 5.13 Å². The summed E-state index contributed by atoms with van der Waals surface area (Å²) >= 11 is 1.42. The number of pyridine rings is 1. The van der Waals surface area contributed by atoms with Crippen LogP contribution in [0.1, 0.15) is 22.9 Å². The molecule has 30 heavy (non-hydrogen) atoms. The third-order valence-electron chi connectivity index (χ3n) is 5.34. The number of aryl methyl sites for hydroxylation is 1. The van der Waals surface area contributed by atoms with Crippen molar-refractivity contribution in [2.75, 3.05) is 19.5 Å². The van der Waals surface area contributed by atoms with Crippen molar-refractivity contribution in [1.82, 2.24) is 14.9 Å². The topological polar surface area (TPSA) is 84.4 Å². The van der Waals surface area contributed by atoms with Crippen molar-refractivity contribution >= 4 is 28.3 Å². The number of methoxy groups -OCH3 is 1. The van der Waals surface area contributed by atoms with E-state index < -0.39 is 5.92 Å². The van der Waals surface area contributed by atoms with Crippen molar-refractivity contribution in [3.8, 4) is 17.0 Å². The van der Waals surface area contributed by atoms with Gasteiger partial charge in [0.05, 0.1) is 24.8 Å². The first kappa shape index (κ1) is 20.0. The molecule has 1 aromatic carbocycles. The number of rotatable bonds is 5. The Morgan fingerprint density at radius 3 is 2.70 bits per heavy atom. The van der Waals surface area contributed by atoms with E-state index in [0.717, 1.165) is 27.4 Å². The maximum atomic E-state index is 13.1. The fourth-order valence-corrected chi connectivity index (χ4v) is 4.62. The molecule has 1 aliphatic heterocycles. The van der Waals surface area contributed by atoms with Gasteiger partial charge in [-0.15, -0.1) is 11.3 Å². The van der Waals surface area contributed by atoms with Gasteiger partial charge in [0, 0.05) is 36.3 Å². The predicted molar refractivity (Wildman–Crippen MR) is 115 cm³/mol. The van der Waals surface area contributed by atoms with Gasteiger partial charge in [-0.3, -0.25) is 14.6 Å². The minimum Gasteiger partial charge on any atom is -0.497 e. The van der Waals surface area contributed by atoms with E-state index in [0.29, 0.717) is 5.13 Å². The van der Waals surface area contributed by atoms with E-state index in [4.69, 9.17) is 4.74 Å². The standard InChI is InChI=1S/C22H22N4O3S/c1-13-19(14-6-8-16(29-3)9-7-14)24-22(30-13)25-21(28)17-11-18(27)26(2)20(17)15-5-4-10-23-12-15/h4-10,12,17,20H,11H2,1-3H3,(H,24,25,28). The summed E-state index contributed by atoms with van der Waals surface area (Å²) in [6.45, 7) is 1.97. The van der Waals surface area contributed by atoms with E-state index in [9.17, 15) is 9.59 Å². The van der Waals surface area contributed by atoms with Gasteiger partial charge in [-0.05, 0) is 42.8 Å². The molecular weight excluding hydrogens is 400 g/mol. The molecule has 3 aromatic rings. The fourth-order valence-electron chi connectivity index (χ4n) is 3.78. The molecule has 4 rings (SSSR count). The molecule has 2 aromatic heterocycles. The van der Waals surface area contributed by atoms with Crippen LogP contribution in [0.15, 0.2) is 48.8 Å². The van der Waals surface area contributed by atoms with Crippen LogP contribution in [0, 0.1) is 12.8 Å². The molecule has 0 bridgehead atoms. The van der Waals surface area contributed by atoms with Gasteiger partial charge in [-0.25, -0.2) is 4.98 Å². The number of nitrogens with zero attached hydrogens (tertiary/aromatic N) is 3. The molecule has 7 nitrogen and oxygen atoms in total. The summed E-state index contributed by atoms with van der Waals surface area (Å²) in [6, 6.07) is 11.0. The van der Waals surface area contributed by atoms with Crippen LogP contribution in [0.4, 0.5) is 5.13 Å². The van der Waals surface area contributed by atoms with Crippen LogP contribution in [-0.2, 0) is 9.59 Å². The van der Waals surface area contributed by atoms with E-state index in [1.807, 2.05) is 43.3 Å². The van der Waals surface area contributed by atoms with Gasteiger partial charge in [0.1, 0.15) is 5.75 Å². The molecule has 154 valence electrons. The number of hydrogen-bond acceptors (Lipinski definition) is 6. The van der Waals surface area contributed by atoms with Crippen LogP contribution < -0.4 is 10.1 Å². The Morgan fingerprint density at radius 1 is 1.27 bits per heavy atom. The van der Waals surface area contributed by atoms with Crippen molar-refractivity contribution in [2.24, 2.45) is 5.92 Å². The Morgan fingerprint density at radius 2 is 2.03 bits per heavy atom. The van der Waals surface area contributed by atoms with Gasteiger partial charge in [0.2, 0.25) is 11.8 Å². The zero-order valence-electron chi connectivity index (χ0n) is 17.0. The van der Waals surface area contributed by atoms with Crippen LogP contribution in [-0.4, -0.2) is 40.8 Å². The first-order valence-corrected chi connectivity index (χ1v) is 10.4. The lowest BCUT2D eigenvalue weighted by atomic mass is 9.94. The smallest absolute Gasteiger partial charge is 0.232 e. The second kappa shape index (κ2) is 8.23. The normalized spacial score (nSPS) is 18.5. The molecule has 2 unspecified atom stereocenters. The molecule has 2 atom stereocenters. The largest absolute Gasteiger partial charge is 0.497 e. The van der Waals surface area contributed by atoms with E-state index in [2.05, 4.69) is 15.3 Å². The van der Waals surface area contributed by atoms with Gasteiger partial charge in [-0.1, -0.05) is 6.07 Å². The van der Waals surface area contributed by atoms with Gasteiger partial charge < -0.3 is 15.0 Å². The highest BCUT2D eigenvalue weighted by Crippen LogP contribution is 2.38. The predicted octanol–water partition coefficient (Wildman–Crippen LogP) is 3.68. The number of ether oxygens (including phenoxy) is 1. The number of aromatic nitrogens is 2. The number of carbonyl (C=O) groups is 2. The molecule has 0 saturated carbocycles. The average molecular weight is 423 g/mol. The summed E-state index contributed by atoms with van der Waals surface area (Å²) < 4.78 is 5.20. The van der Waals surface area contributed by atoms with Gasteiger partial charge in [-0.2, -0.15) is 0 Å². The summed E-state index contributed by atoms with van der Waals surface area (Å²) in [5.41, 5.74) is 2.62. The van der Waals surface area contributed by atoms with Gasteiger partial charge >= 0.3 is 0 Å². The molecule has 1 aliphatic rings. The van der Waals surface area contributed by atoms with E-state index in [-0.39, 0.29) is 24.3 Å². The number of nitrogens with one attached hydrogen (secondary N) is 1. The number of carbonyl (C=O) groups excluding carboxylic acids is 2. The van der Waals surface area contributed by atoms with Crippen LogP contribution in [0.2, 0.25) is 0 Å². The highest BCUT2D eigenvalue weighted by molar-refractivity contribution is 7.16. The molecule has 1 saturated heterocycles. The zero-order valence-corrected chi connectivity index (χ0v) is 17.8. The maximum absolute atomic E-state index is 13.1. The number of anilines is 1. The first-order valence-electron chi connectivity index (χ1n) is 9.56. The molecule has 0 aliphatic carbocycles. The lowest BCUT2D eigenvalue weighted by Crippen LogP contribution is -2.30. The van der Waals surface area contributed by atoms with Crippen molar-refractivity contribution in [3.63, 3.8) is 0 Å². The summed E-state index contributed by atoms with van der Waals surface area (Å²) in [5.74, 6) is 0.00629. The molecule has 3 heterocycles. The Bertz CT molecular complexity index is 1070. The average Bonchev–Trinajstić information content (AvgIpc) is 3.27. The number of benzene rings is 1. The molecule has 1 N–H and O–H groups in total. The van der Waals surface area contributed by atoms with Crippen molar-refractivity contribution < 1.29 is 14.3 Å². The molecule has 8 heteroatoms. The van der Waals surface area contributed by atoms with Crippen molar-refractivity contribution in [2.45, 2.75) is 19.4 Å². The quantitative estimate of drug-likeness (QED) is 0.678. The van der Waals surface area contributed by atoms with Crippen LogP contribution in [0.3, 0.4) is 0 Å². The fraction of sp³-hybridized carbons (Fsp3) is 0.273. The highest BCUT2D eigenvalue weighted by atomic mass is 32.1. The third-order valence-corrected chi connectivity index (χ3v) is 6.23. The minimum absolute atomic E-state index is 0.0572. The van der Waals surface area contributed by atoms with Crippen molar-refractivity contribution in [1.29, 1.82) is 0 Å². The van der Waals surface area contributed by atoms with Crippen molar-refractivity contribution in [3.05, 3.63) is 59.2 Å². The molecule has 2 amide bonds. The van der Waals surface area contributed by atoms with E-state index in [1.54, 1.807) is 31.5 Å². The SMILES string of the molecule is COc1ccc(-c2nc(NC(=O)C3CC(=O)N(C)C3c3cccnc3)sc2C)cc1. The number of likely N-dealkylation sites (tertiary alicyclic amines) is 1. The summed E-state index contributed by atoms with van der Waals surface area (Å²) in [4.78, 5) is 36.8. The van der Waals surface area contributed by atoms with Gasteiger partial charge in [0.25, 0.3) is 0 Å². The zero-order chi connectivity index (χ0) is 21.3. The minimum atomic E-state index is -0.500. The maximum Gasteiger partial charge on any atom is 0.232 e. The molecule has 0 spiro atoms. The number of thiazole rings is 1. The third kappa shape index (κ3) is 3.78. The number of amides is 2. The lowest BCUT2D eigenvalue weighted by Gasteiger charge is -2.24. The molecule has 1 fully saturated rings. The monoisotopic (exact) mass is 422 g/mol. The second-order valence-corrected chi connectivity index (χ2v) is 8.39. The van der Waals surface area contributed by atoms with Crippen LogP contribution >= 0.6 is 11.3 Å². The number of hydrogen-bond donors (Lipinski definition) is 1. The summed E-state index contributed by atoms with van der Waals surface area (Å²) in [6.07, 6.45) is 3.54. The lowest BCUT2D eigenvalue weighted by molar-refractivity contribution is -0.127. The molecule has 0 radical (unpaired) electrons. The first-order chi connectivity index (χ1) is 14.5. The second-order valence-electron chi connectivity index (χ2n) is 7.19.